The molecule has 4 unspecified atom stereocenters. The highest BCUT2D eigenvalue weighted by Crippen LogP contribution is 2.49. The molecule has 1 amide bonds. The molecule has 8 aliphatic rings. The second kappa shape index (κ2) is 18.4. The van der Waals surface area contributed by atoms with E-state index in [1.54, 1.807) is 7.11 Å². The van der Waals surface area contributed by atoms with Gasteiger partial charge in [-0.3, -0.25) is 14.4 Å². The third kappa shape index (κ3) is 9.59. The molecule has 0 aromatic carbocycles. The Morgan fingerprint density at radius 1 is 0.883 bits per heavy atom. The van der Waals surface area contributed by atoms with Crippen LogP contribution in [0, 0.1) is 11.8 Å². The van der Waals surface area contributed by atoms with E-state index in [-0.39, 0.29) is 92.3 Å². The number of amides is 1. The number of nitrogens with two attached hydrogens (primary N) is 1. The fraction of sp³-hybridized carbons (Fsp3) is 0.841. The fourth-order valence-corrected chi connectivity index (χ4v) is 11.5. The smallest absolute Gasteiger partial charge is 0.305 e. The van der Waals surface area contributed by atoms with Crippen molar-refractivity contribution in [3.05, 3.63) is 24.3 Å². The first-order chi connectivity index (χ1) is 28.7. The first-order valence-corrected chi connectivity index (χ1v) is 22.3. The zero-order valence-electron chi connectivity index (χ0n) is 35.0. The summed E-state index contributed by atoms with van der Waals surface area (Å²) in [6.07, 6.45) is 0.777. The quantitative estimate of drug-likeness (QED) is 0.221. The Bertz CT molecular complexity index is 1610. The lowest BCUT2D eigenvalue weighted by Crippen LogP contribution is -2.58. The van der Waals surface area contributed by atoms with E-state index in [1.165, 1.54) is 0 Å². The zero-order valence-corrected chi connectivity index (χ0v) is 35.0. The molecule has 336 valence electrons. The molecule has 10 bridgehead atoms. The van der Waals surface area contributed by atoms with Crippen LogP contribution in [0.25, 0.3) is 0 Å². The first kappa shape index (κ1) is 44.3. The van der Waals surface area contributed by atoms with E-state index in [1.807, 2.05) is 0 Å². The zero-order chi connectivity index (χ0) is 42.5. The summed E-state index contributed by atoms with van der Waals surface area (Å²) in [5.74, 6) is -3.06. The molecule has 0 aliphatic carbocycles. The Morgan fingerprint density at radius 3 is 2.43 bits per heavy atom. The maximum Gasteiger partial charge on any atom is 0.305 e. The average Bonchev–Trinajstić information content (AvgIpc) is 3.80. The number of methoxy groups -OCH3 is 1. The van der Waals surface area contributed by atoms with E-state index < -0.39 is 72.9 Å². The molecular weight excluding hydrogens is 780 g/mol. The van der Waals surface area contributed by atoms with Crippen molar-refractivity contribution in [2.45, 2.75) is 207 Å². The topological polar surface area (TPSA) is 224 Å². The number of aliphatic hydroxyl groups excluding tert-OH is 2. The fourth-order valence-electron chi connectivity index (χ4n) is 11.5. The van der Waals surface area contributed by atoms with Gasteiger partial charge in [-0.05, 0) is 62.0 Å². The summed E-state index contributed by atoms with van der Waals surface area (Å²) in [5.41, 5.74) is 7.75. The number of carbonyl (C=O) groups is 3. The molecule has 8 heterocycles. The molecule has 1 spiro atoms. The number of rotatable bonds is 8. The van der Waals surface area contributed by atoms with Gasteiger partial charge in [0.05, 0.1) is 91.8 Å². The minimum absolute atomic E-state index is 0.00540. The van der Waals surface area contributed by atoms with Crippen LogP contribution in [0.4, 0.5) is 0 Å². The van der Waals surface area contributed by atoms with Gasteiger partial charge in [0, 0.05) is 64.5 Å². The number of fused-ring (bicyclic) bond motifs is 9. The molecule has 19 atom stereocenters. The number of Topliss-reactive ketones (excluding diaryl/α,β-unsaturated/α-hetero) is 1. The standard InChI is InChI=1S/C44H66N2O14/c1-21-11-26-5-7-32-22(2)12-28(54-32)9-10-44-19-31(49)41(60-44)37-18-38(59-44)42-33(57-37)8-6-27(56-42)13-24(47)14-29-35(17-34(55-26)23(21)3)58-36(40(29)53-4)15-25(48)20-46-43(52)30(45)16-39(50)51/h21,25-38,40-42,48-49H,2-3,5-20,45H2,1,4H3,(H,46,52)(H,50,51)/t21-,25+,26+,27?,28+,29?,30+,31-,32+,33?,34-,35+,36-,37-,38-,40-,41+,42?,44-/m1/s1. The number of ketones is 1. The molecule has 8 aliphatic heterocycles. The summed E-state index contributed by atoms with van der Waals surface area (Å²) in [7, 11) is 1.57. The van der Waals surface area contributed by atoms with Gasteiger partial charge >= 0.3 is 5.97 Å². The van der Waals surface area contributed by atoms with Crippen LogP contribution >= 0.6 is 0 Å². The highest BCUT2D eigenvalue weighted by atomic mass is 16.7. The summed E-state index contributed by atoms with van der Waals surface area (Å²) < 4.78 is 53.0. The van der Waals surface area contributed by atoms with Gasteiger partial charge in [0.25, 0.3) is 0 Å². The lowest BCUT2D eigenvalue weighted by molar-refractivity contribution is -0.277. The van der Waals surface area contributed by atoms with E-state index >= 15 is 0 Å². The molecule has 60 heavy (non-hydrogen) atoms. The van der Waals surface area contributed by atoms with Crippen molar-refractivity contribution in [2.24, 2.45) is 17.6 Å². The predicted octanol–water partition coefficient (Wildman–Crippen LogP) is 2.38. The summed E-state index contributed by atoms with van der Waals surface area (Å²) in [6.45, 7) is 10.8. The molecule has 16 nitrogen and oxygen atoms in total. The molecule has 0 aromatic heterocycles. The largest absolute Gasteiger partial charge is 0.481 e. The van der Waals surface area contributed by atoms with Gasteiger partial charge in [-0.1, -0.05) is 20.1 Å². The highest BCUT2D eigenvalue weighted by molar-refractivity contribution is 5.85. The van der Waals surface area contributed by atoms with Crippen molar-refractivity contribution in [1.82, 2.24) is 5.32 Å². The summed E-state index contributed by atoms with van der Waals surface area (Å²) in [4.78, 5) is 37.6. The number of hydrogen-bond acceptors (Lipinski definition) is 14. The van der Waals surface area contributed by atoms with Crippen LogP contribution in [0.1, 0.15) is 103 Å². The molecule has 0 saturated carbocycles. The van der Waals surface area contributed by atoms with E-state index in [0.717, 1.165) is 36.8 Å². The molecule has 16 heteroatoms. The molecule has 0 aromatic rings. The number of aliphatic hydroxyl groups is 2. The Morgan fingerprint density at radius 2 is 1.65 bits per heavy atom. The molecule has 8 saturated heterocycles. The minimum atomic E-state index is -1.25. The molecule has 8 rings (SSSR count). The van der Waals surface area contributed by atoms with Gasteiger partial charge in [-0.25, -0.2) is 0 Å². The Kier molecular flexibility index (Phi) is 13.6. The maximum atomic E-state index is 14.2. The van der Waals surface area contributed by atoms with Crippen LogP contribution in [-0.4, -0.2) is 150 Å². The van der Waals surface area contributed by atoms with Crippen LogP contribution in [0.3, 0.4) is 0 Å². The van der Waals surface area contributed by atoms with E-state index in [0.29, 0.717) is 44.9 Å². The van der Waals surface area contributed by atoms with Crippen LogP contribution in [-0.2, 0) is 52.3 Å². The van der Waals surface area contributed by atoms with Crippen LogP contribution < -0.4 is 11.1 Å². The summed E-state index contributed by atoms with van der Waals surface area (Å²) in [6, 6.07) is -1.25. The van der Waals surface area contributed by atoms with Crippen molar-refractivity contribution in [2.75, 3.05) is 13.7 Å². The predicted molar refractivity (Wildman–Crippen MR) is 212 cm³/mol. The molecular formula is C44H66N2O14. The van der Waals surface area contributed by atoms with Gasteiger partial charge < -0.3 is 64.3 Å². The van der Waals surface area contributed by atoms with Crippen molar-refractivity contribution in [3.8, 4) is 0 Å². The molecule has 0 radical (unpaired) electrons. The SMILES string of the molecule is C=C1C[C@@H]2CC[C@]34C[C@@H](O)[C@H](O3)[C@H]3C[C@@H](O4)C4OC(CCC4O3)CC(=O)CC3[C@H](C[C@H]4O[C@@H](CC[C@@H]1O2)C[C@@H](C)C4=C)O[C@H](C[C@H](O)CNC(=O)[C@@H](N)CC(=O)O)[C@@H]3OC. The van der Waals surface area contributed by atoms with Gasteiger partial charge in [0.15, 0.2) is 5.79 Å². The lowest BCUT2D eigenvalue weighted by Gasteiger charge is -2.47. The Hall–Kier alpha value is -2.35. The average molecular weight is 847 g/mol. The maximum absolute atomic E-state index is 14.2. The second-order valence-electron chi connectivity index (χ2n) is 19.0. The highest BCUT2D eigenvalue weighted by Gasteiger charge is 2.59. The summed E-state index contributed by atoms with van der Waals surface area (Å²) in [5, 5.41) is 33.8. The van der Waals surface area contributed by atoms with Crippen LogP contribution in [0.2, 0.25) is 0 Å². The van der Waals surface area contributed by atoms with E-state index in [2.05, 4.69) is 25.4 Å². The van der Waals surface area contributed by atoms with E-state index in [9.17, 15) is 24.6 Å². The monoisotopic (exact) mass is 846 g/mol. The lowest BCUT2D eigenvalue weighted by atomic mass is 9.81. The first-order valence-electron chi connectivity index (χ1n) is 22.3. The van der Waals surface area contributed by atoms with E-state index in [4.69, 9.17) is 48.7 Å². The number of ether oxygens (including phenoxy) is 8. The number of carboxylic acid groups (broad SMARTS) is 1. The number of aliphatic carboxylic acids is 1. The van der Waals surface area contributed by atoms with Crippen molar-refractivity contribution in [1.29, 1.82) is 0 Å². The van der Waals surface area contributed by atoms with Gasteiger partial charge in [0.2, 0.25) is 5.91 Å². The van der Waals surface area contributed by atoms with Gasteiger partial charge in [0.1, 0.15) is 18.0 Å². The Labute approximate surface area is 352 Å². The number of carbonyl (C=O) groups excluding carboxylic acids is 2. The van der Waals surface area contributed by atoms with Crippen LogP contribution in [0.15, 0.2) is 24.3 Å². The summed E-state index contributed by atoms with van der Waals surface area (Å²) >= 11 is 0. The number of nitrogens with one attached hydrogen (secondary N) is 1. The molecule has 6 N–H and O–H groups in total. The third-order valence-corrected chi connectivity index (χ3v) is 14.6. The van der Waals surface area contributed by atoms with Crippen molar-refractivity contribution in [3.63, 3.8) is 0 Å². The second-order valence-corrected chi connectivity index (χ2v) is 19.0. The third-order valence-electron chi connectivity index (χ3n) is 14.6. The Balaban J connectivity index is 1.02. The normalized spacial score (nSPS) is 45.6. The number of hydrogen-bond donors (Lipinski definition) is 5. The minimum Gasteiger partial charge on any atom is -0.481 e. The van der Waals surface area contributed by atoms with Crippen molar-refractivity contribution >= 4 is 17.7 Å². The molecule has 8 fully saturated rings. The van der Waals surface area contributed by atoms with Crippen LogP contribution in [0.5, 0.6) is 0 Å². The van der Waals surface area contributed by atoms with Crippen molar-refractivity contribution < 1.29 is 67.6 Å². The van der Waals surface area contributed by atoms with Gasteiger partial charge in [-0.15, -0.1) is 0 Å². The van der Waals surface area contributed by atoms with Gasteiger partial charge in [-0.2, -0.15) is 0 Å². The number of carboxylic acids is 1.